The fraction of sp³-hybridized carbons (Fsp3) is 0.263. The number of alkyl halides is 4. The average Bonchev–Trinajstić information content (AvgIpc) is 2.60. The molecular formula is C19H14F4O3S. The minimum Gasteiger partial charge on any atom is -0.426 e. The van der Waals surface area contributed by atoms with Crippen LogP contribution >= 0.6 is 11.8 Å². The van der Waals surface area contributed by atoms with Gasteiger partial charge in [-0.2, -0.15) is 17.6 Å². The standard InChI is InChI=1S/C19H14F4O3S/c1-11-2-4-12(5-3-11)14(24)7-8-15(25)13-6-9-16-17(10-13)27-19(22,23)18(20,21)26-16/h2-6,9-10H,7-8H2,1H3. The molecule has 0 amide bonds. The number of ketones is 2. The van der Waals surface area contributed by atoms with Gasteiger partial charge in [0.1, 0.15) is 5.75 Å². The van der Waals surface area contributed by atoms with Gasteiger partial charge in [0.05, 0.1) is 4.90 Å². The Morgan fingerprint density at radius 2 is 1.48 bits per heavy atom. The Bertz CT molecular complexity index is 894. The number of thioether (sulfide) groups is 1. The first kappa shape index (κ1) is 19.4. The van der Waals surface area contributed by atoms with E-state index in [4.69, 9.17) is 0 Å². The number of hydrogen-bond acceptors (Lipinski definition) is 4. The van der Waals surface area contributed by atoms with E-state index in [2.05, 4.69) is 4.74 Å². The predicted octanol–water partition coefficient (Wildman–Crippen LogP) is 5.51. The van der Waals surface area contributed by atoms with Gasteiger partial charge in [0.2, 0.25) is 0 Å². The van der Waals surface area contributed by atoms with Gasteiger partial charge in [-0.25, -0.2) is 0 Å². The minimum absolute atomic E-state index is 0.0448. The molecule has 1 aliphatic rings. The molecule has 0 saturated carbocycles. The highest BCUT2D eigenvalue weighted by Crippen LogP contribution is 2.54. The van der Waals surface area contributed by atoms with E-state index < -0.39 is 22.9 Å². The molecule has 8 heteroatoms. The molecule has 2 aromatic rings. The van der Waals surface area contributed by atoms with Gasteiger partial charge in [0.25, 0.3) is 0 Å². The molecule has 0 bridgehead atoms. The number of rotatable bonds is 5. The highest BCUT2D eigenvalue weighted by molar-refractivity contribution is 8.00. The fourth-order valence-electron chi connectivity index (χ4n) is 2.50. The van der Waals surface area contributed by atoms with Crippen LogP contribution < -0.4 is 4.74 Å². The molecule has 3 rings (SSSR count). The molecule has 0 aromatic heterocycles. The third-order valence-corrected chi connectivity index (χ3v) is 5.07. The van der Waals surface area contributed by atoms with Crippen LogP contribution in [0.15, 0.2) is 47.4 Å². The second kappa shape index (κ2) is 6.99. The minimum atomic E-state index is -4.63. The summed E-state index contributed by atoms with van der Waals surface area (Å²) in [5, 5.41) is -4.44. The predicted molar refractivity (Wildman–Crippen MR) is 91.9 cm³/mol. The highest BCUT2D eigenvalue weighted by atomic mass is 32.2. The van der Waals surface area contributed by atoms with Gasteiger partial charge in [-0.05, 0) is 36.9 Å². The van der Waals surface area contributed by atoms with Crippen LogP contribution in [-0.2, 0) is 0 Å². The molecule has 2 aromatic carbocycles. The Morgan fingerprint density at radius 1 is 0.926 bits per heavy atom. The van der Waals surface area contributed by atoms with E-state index in [9.17, 15) is 27.2 Å². The summed E-state index contributed by atoms with van der Waals surface area (Å²) in [6.45, 7) is 1.88. The largest absolute Gasteiger partial charge is 0.475 e. The van der Waals surface area contributed by atoms with Crippen molar-refractivity contribution in [2.75, 3.05) is 0 Å². The summed E-state index contributed by atoms with van der Waals surface area (Å²) in [7, 11) is 0. The topological polar surface area (TPSA) is 43.4 Å². The Kier molecular flexibility index (Phi) is 5.03. The summed E-state index contributed by atoms with van der Waals surface area (Å²) >= 11 is -0.352. The maximum atomic E-state index is 13.4. The molecule has 0 unspecified atom stereocenters. The molecule has 1 heterocycles. The van der Waals surface area contributed by atoms with Crippen molar-refractivity contribution < 1.29 is 31.9 Å². The number of halogens is 4. The van der Waals surface area contributed by atoms with Crippen LogP contribution in [0, 0.1) is 6.92 Å². The van der Waals surface area contributed by atoms with Crippen LogP contribution in [0.25, 0.3) is 0 Å². The van der Waals surface area contributed by atoms with Gasteiger partial charge in [0.15, 0.2) is 11.6 Å². The van der Waals surface area contributed by atoms with Gasteiger partial charge in [-0.1, -0.05) is 29.8 Å². The first-order valence-corrected chi connectivity index (χ1v) is 8.81. The fourth-order valence-corrected chi connectivity index (χ4v) is 3.33. The van der Waals surface area contributed by atoms with Crippen LogP contribution in [0.1, 0.15) is 39.1 Å². The summed E-state index contributed by atoms with van der Waals surface area (Å²) in [6.07, 6.45) is -4.79. The number of hydrogen-bond donors (Lipinski definition) is 0. The summed E-state index contributed by atoms with van der Waals surface area (Å²) < 4.78 is 57.3. The molecule has 0 saturated heterocycles. The maximum absolute atomic E-state index is 13.4. The lowest BCUT2D eigenvalue weighted by atomic mass is 10.0. The third kappa shape index (κ3) is 4.00. The van der Waals surface area contributed by atoms with Crippen LogP contribution in [0.2, 0.25) is 0 Å². The Hall–Kier alpha value is -2.35. The highest BCUT2D eigenvalue weighted by Gasteiger charge is 2.63. The van der Waals surface area contributed by atoms with Crippen molar-refractivity contribution in [1.82, 2.24) is 0 Å². The molecule has 0 fully saturated rings. The van der Waals surface area contributed by atoms with Crippen LogP contribution in [0.4, 0.5) is 17.6 Å². The third-order valence-electron chi connectivity index (χ3n) is 4.03. The van der Waals surface area contributed by atoms with Gasteiger partial charge >= 0.3 is 11.4 Å². The van der Waals surface area contributed by atoms with Gasteiger partial charge in [0, 0.05) is 24.0 Å². The van der Waals surface area contributed by atoms with Crippen molar-refractivity contribution in [1.29, 1.82) is 0 Å². The van der Waals surface area contributed by atoms with E-state index in [0.717, 1.165) is 17.7 Å². The molecule has 3 nitrogen and oxygen atoms in total. The molecule has 0 aliphatic carbocycles. The molecule has 142 valence electrons. The summed E-state index contributed by atoms with van der Waals surface area (Å²) in [6, 6.07) is 10.3. The van der Waals surface area contributed by atoms with Crippen molar-refractivity contribution in [3.63, 3.8) is 0 Å². The Balaban J connectivity index is 1.69. The van der Waals surface area contributed by atoms with Crippen molar-refractivity contribution in [2.45, 2.75) is 36.0 Å². The first-order chi connectivity index (χ1) is 12.6. The molecule has 27 heavy (non-hydrogen) atoms. The molecule has 0 spiro atoms. The normalized spacial score (nSPS) is 16.9. The maximum Gasteiger partial charge on any atom is 0.475 e. The average molecular weight is 398 g/mol. The number of carbonyl (C=O) groups excluding carboxylic acids is 2. The van der Waals surface area contributed by atoms with E-state index in [1.165, 1.54) is 6.07 Å². The lowest BCUT2D eigenvalue weighted by Gasteiger charge is -2.31. The van der Waals surface area contributed by atoms with E-state index in [0.29, 0.717) is 5.56 Å². The van der Waals surface area contributed by atoms with Crippen LogP contribution in [-0.4, -0.2) is 22.9 Å². The van der Waals surface area contributed by atoms with Crippen LogP contribution in [0.5, 0.6) is 5.75 Å². The van der Waals surface area contributed by atoms with Crippen molar-refractivity contribution in [3.05, 3.63) is 59.2 Å². The van der Waals surface area contributed by atoms with Gasteiger partial charge in [-0.15, -0.1) is 0 Å². The molecule has 1 aliphatic heterocycles. The quantitative estimate of drug-likeness (QED) is 0.492. The lowest BCUT2D eigenvalue weighted by molar-refractivity contribution is -0.273. The number of Topliss-reactive ketones (excluding diaryl/α,β-unsaturated/α-hetero) is 2. The van der Waals surface area contributed by atoms with Crippen LogP contribution in [0.3, 0.4) is 0 Å². The van der Waals surface area contributed by atoms with Crippen molar-refractivity contribution in [2.24, 2.45) is 0 Å². The SMILES string of the molecule is Cc1ccc(C(=O)CCC(=O)c2ccc3c(c2)SC(F)(F)C(F)(F)O3)cc1. The van der Waals surface area contributed by atoms with Gasteiger partial charge < -0.3 is 4.74 Å². The molecular weight excluding hydrogens is 384 g/mol. The van der Waals surface area contributed by atoms with Crippen molar-refractivity contribution >= 4 is 23.3 Å². The Morgan fingerprint density at radius 3 is 2.11 bits per heavy atom. The van der Waals surface area contributed by atoms with E-state index in [1.807, 2.05) is 6.92 Å². The number of aryl methyl sites for hydroxylation is 1. The second-order valence-electron chi connectivity index (χ2n) is 6.11. The van der Waals surface area contributed by atoms with E-state index in [1.54, 1.807) is 24.3 Å². The molecule has 0 N–H and O–H groups in total. The lowest BCUT2D eigenvalue weighted by Crippen LogP contribution is -2.45. The number of benzene rings is 2. The van der Waals surface area contributed by atoms with E-state index >= 15 is 0 Å². The summed E-state index contributed by atoms with van der Waals surface area (Å²) in [4.78, 5) is 24.1. The zero-order valence-electron chi connectivity index (χ0n) is 14.1. The number of carbonyl (C=O) groups is 2. The van der Waals surface area contributed by atoms with Crippen molar-refractivity contribution in [3.8, 4) is 5.75 Å². The summed E-state index contributed by atoms with van der Waals surface area (Å²) in [5.74, 6) is -1.08. The number of fused-ring (bicyclic) bond motifs is 1. The zero-order valence-corrected chi connectivity index (χ0v) is 14.9. The summed E-state index contributed by atoms with van der Waals surface area (Å²) in [5.41, 5.74) is 1.53. The Labute approximate surface area is 156 Å². The monoisotopic (exact) mass is 398 g/mol. The molecule has 0 radical (unpaired) electrons. The number of ether oxygens (including phenoxy) is 1. The van der Waals surface area contributed by atoms with E-state index in [-0.39, 0.29) is 40.8 Å². The smallest absolute Gasteiger partial charge is 0.426 e. The second-order valence-corrected chi connectivity index (χ2v) is 7.27. The van der Waals surface area contributed by atoms with Gasteiger partial charge in [-0.3, -0.25) is 9.59 Å². The zero-order chi connectivity index (χ0) is 19.8. The molecule has 0 atom stereocenters. The first-order valence-electron chi connectivity index (χ1n) is 8.00.